The number of carbonyl (C=O) groups excluding carboxylic acids is 2. The molecule has 6 nitrogen and oxygen atoms in total. The Morgan fingerprint density at radius 1 is 1.10 bits per heavy atom. The van der Waals surface area contributed by atoms with Crippen molar-refractivity contribution in [3.05, 3.63) is 53.6 Å². The number of amides is 1. The Hall–Kier alpha value is -2.25. The number of Topliss-reactive ketones (excluding diaryl/α,β-unsaturated/α-hetero) is 1. The maximum Gasteiger partial charge on any atom is 0.274 e. The van der Waals surface area contributed by atoms with Gasteiger partial charge in [0, 0.05) is 37.3 Å². The molecule has 4 rings (SSSR count). The Morgan fingerprint density at radius 2 is 1.90 bits per heavy atom. The summed E-state index contributed by atoms with van der Waals surface area (Å²) >= 11 is 0. The predicted molar refractivity (Wildman–Crippen MR) is 110 cm³/mol. The van der Waals surface area contributed by atoms with Gasteiger partial charge in [-0.15, -0.1) is 12.4 Å². The van der Waals surface area contributed by atoms with Crippen LogP contribution in [0.15, 0.2) is 36.5 Å². The second kappa shape index (κ2) is 9.50. The van der Waals surface area contributed by atoms with Crippen LogP contribution in [0.1, 0.15) is 52.6 Å². The molecule has 1 amide bonds. The molecule has 8 heteroatoms. The van der Waals surface area contributed by atoms with Crippen LogP contribution in [-0.4, -0.2) is 52.5 Å². The second-order valence-electron chi connectivity index (χ2n) is 7.64. The first-order valence-corrected chi connectivity index (χ1v) is 9.97. The molecule has 0 spiro atoms. The van der Waals surface area contributed by atoms with Gasteiger partial charge >= 0.3 is 0 Å². The summed E-state index contributed by atoms with van der Waals surface area (Å²) in [5, 5.41) is 7.86. The van der Waals surface area contributed by atoms with Gasteiger partial charge in [-0.2, -0.15) is 5.10 Å². The largest absolute Gasteiger partial charge is 0.337 e. The number of carbonyl (C=O) groups is 2. The van der Waals surface area contributed by atoms with Crippen molar-refractivity contribution in [2.75, 3.05) is 26.2 Å². The number of piperidine rings is 2. The average molecular weight is 421 g/mol. The Balaban J connectivity index is 0.00000240. The van der Waals surface area contributed by atoms with Gasteiger partial charge in [0.25, 0.3) is 5.91 Å². The molecule has 1 N–H and O–H groups in total. The number of ketones is 1. The van der Waals surface area contributed by atoms with Crippen molar-refractivity contribution in [1.82, 2.24) is 20.0 Å². The first-order valence-electron chi connectivity index (χ1n) is 9.97. The maximum absolute atomic E-state index is 13.1. The fourth-order valence-corrected chi connectivity index (χ4v) is 4.10. The number of rotatable bonds is 4. The Labute approximate surface area is 175 Å². The van der Waals surface area contributed by atoms with Gasteiger partial charge < -0.3 is 10.2 Å². The van der Waals surface area contributed by atoms with Crippen molar-refractivity contribution in [2.24, 2.45) is 5.92 Å². The van der Waals surface area contributed by atoms with Crippen LogP contribution in [0.2, 0.25) is 0 Å². The highest BCUT2D eigenvalue weighted by molar-refractivity contribution is 5.99. The highest BCUT2D eigenvalue weighted by atomic mass is 35.5. The summed E-state index contributed by atoms with van der Waals surface area (Å²) in [7, 11) is 0. The molecule has 2 aliphatic heterocycles. The molecule has 1 aromatic carbocycles. The highest BCUT2D eigenvalue weighted by Gasteiger charge is 2.30. The van der Waals surface area contributed by atoms with Gasteiger partial charge in [-0.1, -0.05) is 0 Å². The standard InChI is InChI=1S/C21H25FN4O2.ClH/c22-17-7-5-15(6-8-17)20(27)16-3-2-11-25(14-16)21(28)19-9-12-26(24-19)18-4-1-10-23-13-18;/h5-9,12,16,18,23H,1-4,10-11,13-14H2;1H. The highest BCUT2D eigenvalue weighted by Crippen LogP contribution is 2.23. The number of nitrogens with zero attached hydrogens (tertiary/aromatic N) is 3. The van der Waals surface area contributed by atoms with Crippen molar-refractivity contribution in [3.63, 3.8) is 0 Å². The predicted octanol–water partition coefficient (Wildman–Crippen LogP) is 3.10. The fourth-order valence-electron chi connectivity index (χ4n) is 4.10. The lowest BCUT2D eigenvalue weighted by molar-refractivity contribution is 0.0631. The first-order chi connectivity index (χ1) is 13.6. The van der Waals surface area contributed by atoms with Gasteiger partial charge in [-0.3, -0.25) is 14.3 Å². The van der Waals surface area contributed by atoms with Crippen molar-refractivity contribution in [3.8, 4) is 0 Å². The molecule has 0 radical (unpaired) electrons. The maximum atomic E-state index is 13.1. The molecule has 2 fully saturated rings. The molecule has 2 saturated heterocycles. The molecule has 2 aliphatic rings. The van der Waals surface area contributed by atoms with Crippen LogP contribution in [0, 0.1) is 11.7 Å². The topological polar surface area (TPSA) is 67.2 Å². The van der Waals surface area contributed by atoms with E-state index in [2.05, 4.69) is 10.4 Å². The lowest BCUT2D eigenvalue weighted by Gasteiger charge is -2.31. The van der Waals surface area contributed by atoms with Gasteiger partial charge in [0.1, 0.15) is 11.5 Å². The number of likely N-dealkylation sites (tertiary alicyclic amines) is 1. The number of halogens is 2. The van der Waals surface area contributed by atoms with Crippen LogP contribution < -0.4 is 5.32 Å². The number of benzene rings is 1. The molecule has 3 heterocycles. The molecular weight excluding hydrogens is 395 g/mol. The van der Waals surface area contributed by atoms with Crippen LogP contribution in [0.5, 0.6) is 0 Å². The molecule has 156 valence electrons. The Bertz CT molecular complexity index is 849. The molecule has 0 aliphatic carbocycles. The van der Waals surface area contributed by atoms with Gasteiger partial charge in [0.2, 0.25) is 0 Å². The van der Waals surface area contributed by atoms with Crippen molar-refractivity contribution in [2.45, 2.75) is 31.7 Å². The number of hydrogen-bond acceptors (Lipinski definition) is 4. The summed E-state index contributed by atoms with van der Waals surface area (Å²) in [4.78, 5) is 27.4. The molecule has 0 bridgehead atoms. The lowest BCUT2D eigenvalue weighted by atomic mass is 9.90. The smallest absolute Gasteiger partial charge is 0.274 e. The molecular formula is C21H26ClFN4O2. The minimum Gasteiger partial charge on any atom is -0.337 e. The SMILES string of the molecule is Cl.O=C(c1ccc(F)cc1)C1CCCN(C(=O)c2ccn(C3CCCNC3)n2)C1. The molecule has 1 aromatic heterocycles. The van der Waals surface area contributed by atoms with Crippen LogP contribution >= 0.6 is 12.4 Å². The fraction of sp³-hybridized carbons (Fsp3) is 0.476. The zero-order valence-corrected chi connectivity index (χ0v) is 17.0. The van der Waals surface area contributed by atoms with Gasteiger partial charge in [-0.25, -0.2) is 4.39 Å². The summed E-state index contributed by atoms with van der Waals surface area (Å²) in [5.74, 6) is -0.774. The third-order valence-corrected chi connectivity index (χ3v) is 5.68. The second-order valence-corrected chi connectivity index (χ2v) is 7.64. The first kappa shape index (κ1) is 21.5. The van der Waals surface area contributed by atoms with Crippen LogP contribution in [0.4, 0.5) is 4.39 Å². The van der Waals surface area contributed by atoms with Crippen molar-refractivity contribution >= 4 is 24.1 Å². The Morgan fingerprint density at radius 3 is 2.62 bits per heavy atom. The zero-order valence-electron chi connectivity index (χ0n) is 16.2. The average Bonchev–Trinajstić information content (AvgIpc) is 3.24. The summed E-state index contributed by atoms with van der Waals surface area (Å²) < 4.78 is 15.0. The Kier molecular flexibility index (Phi) is 7.03. The zero-order chi connectivity index (χ0) is 19.5. The normalized spacial score (nSPS) is 22.0. The van der Waals surface area contributed by atoms with Gasteiger partial charge in [0.05, 0.1) is 6.04 Å². The van der Waals surface area contributed by atoms with Gasteiger partial charge in [-0.05, 0) is 62.6 Å². The van der Waals surface area contributed by atoms with Crippen LogP contribution in [-0.2, 0) is 0 Å². The number of nitrogens with one attached hydrogen (secondary N) is 1. The van der Waals surface area contributed by atoms with E-state index in [0.717, 1.165) is 38.8 Å². The number of aromatic nitrogens is 2. The van der Waals surface area contributed by atoms with E-state index < -0.39 is 0 Å². The van der Waals surface area contributed by atoms with Crippen LogP contribution in [0.3, 0.4) is 0 Å². The summed E-state index contributed by atoms with van der Waals surface area (Å²) in [6.07, 6.45) is 5.54. The molecule has 2 unspecified atom stereocenters. The van der Waals surface area contributed by atoms with Crippen molar-refractivity contribution in [1.29, 1.82) is 0 Å². The quantitative estimate of drug-likeness (QED) is 0.772. The third kappa shape index (κ3) is 4.85. The molecule has 0 saturated carbocycles. The van der Waals surface area contributed by atoms with E-state index in [-0.39, 0.29) is 41.9 Å². The van der Waals surface area contributed by atoms with Crippen LogP contribution in [0.25, 0.3) is 0 Å². The van der Waals surface area contributed by atoms with Gasteiger partial charge in [0.15, 0.2) is 5.78 Å². The summed E-state index contributed by atoms with van der Waals surface area (Å²) in [6, 6.07) is 7.67. The van der Waals surface area contributed by atoms with E-state index >= 15 is 0 Å². The monoisotopic (exact) mass is 420 g/mol. The van der Waals surface area contributed by atoms with E-state index in [9.17, 15) is 14.0 Å². The third-order valence-electron chi connectivity index (χ3n) is 5.68. The van der Waals surface area contributed by atoms with Crippen molar-refractivity contribution < 1.29 is 14.0 Å². The van der Waals surface area contributed by atoms with E-state index in [1.165, 1.54) is 24.3 Å². The molecule has 2 aromatic rings. The minimum absolute atomic E-state index is 0. The van der Waals surface area contributed by atoms with E-state index in [1.54, 1.807) is 11.0 Å². The van der Waals surface area contributed by atoms with E-state index in [1.807, 2.05) is 10.9 Å². The summed E-state index contributed by atoms with van der Waals surface area (Å²) in [6.45, 7) is 2.91. The van der Waals surface area contributed by atoms with E-state index in [0.29, 0.717) is 24.3 Å². The number of hydrogen-bond donors (Lipinski definition) is 1. The molecule has 2 atom stereocenters. The summed E-state index contributed by atoms with van der Waals surface area (Å²) in [5.41, 5.74) is 0.926. The molecule has 29 heavy (non-hydrogen) atoms. The minimum atomic E-state index is -0.360. The van der Waals surface area contributed by atoms with E-state index in [4.69, 9.17) is 0 Å². The lowest BCUT2D eigenvalue weighted by Crippen LogP contribution is -2.42.